The number of carbonyl (C=O) groups is 2. The monoisotopic (exact) mass is 391 g/mol. The summed E-state index contributed by atoms with van der Waals surface area (Å²) < 4.78 is 0. The molecule has 1 aromatic rings. The molecular formula is C21H33N3O2S. The summed E-state index contributed by atoms with van der Waals surface area (Å²) in [5, 5.41) is 6.39. The van der Waals surface area contributed by atoms with E-state index >= 15 is 0 Å². The zero-order valence-corrected chi connectivity index (χ0v) is 17.4. The molecule has 0 bridgehead atoms. The minimum atomic E-state index is -0.418. The van der Waals surface area contributed by atoms with Crippen LogP contribution in [0.3, 0.4) is 0 Å². The molecule has 5 nitrogen and oxygen atoms in total. The highest BCUT2D eigenvalue weighted by atomic mass is 32.2. The number of hydrogen-bond acceptors (Lipinski definition) is 4. The lowest BCUT2D eigenvalue weighted by Crippen LogP contribution is -2.51. The second kappa shape index (κ2) is 12.0. The van der Waals surface area contributed by atoms with Crippen molar-refractivity contribution in [1.82, 2.24) is 15.5 Å². The van der Waals surface area contributed by atoms with Gasteiger partial charge in [-0.05, 0) is 55.8 Å². The minimum Gasteiger partial charge on any atom is -0.344 e. The molecule has 2 rings (SSSR count). The van der Waals surface area contributed by atoms with Crippen LogP contribution in [0.5, 0.6) is 0 Å². The zero-order valence-electron chi connectivity index (χ0n) is 16.6. The van der Waals surface area contributed by atoms with Gasteiger partial charge in [-0.1, -0.05) is 37.3 Å². The van der Waals surface area contributed by atoms with Crippen molar-refractivity contribution in [2.24, 2.45) is 5.92 Å². The maximum absolute atomic E-state index is 13.0. The molecular weight excluding hydrogens is 358 g/mol. The first-order valence-electron chi connectivity index (χ1n) is 9.95. The maximum Gasteiger partial charge on any atom is 0.245 e. The molecule has 1 heterocycles. The number of nitrogens with zero attached hydrogens (tertiary/aromatic N) is 1. The molecule has 0 aliphatic carbocycles. The molecule has 27 heavy (non-hydrogen) atoms. The molecule has 2 amide bonds. The molecule has 1 aliphatic rings. The van der Waals surface area contributed by atoms with Gasteiger partial charge in [0, 0.05) is 13.1 Å². The van der Waals surface area contributed by atoms with Crippen molar-refractivity contribution in [2.45, 2.75) is 38.6 Å². The topological polar surface area (TPSA) is 61.4 Å². The summed E-state index contributed by atoms with van der Waals surface area (Å²) in [5.74, 6) is 1.50. The first-order valence-corrected chi connectivity index (χ1v) is 11.3. The smallest absolute Gasteiger partial charge is 0.245 e. The number of hydrogen-bond donors (Lipinski definition) is 2. The highest BCUT2D eigenvalue weighted by Gasteiger charge is 2.28. The van der Waals surface area contributed by atoms with E-state index in [0.717, 1.165) is 50.3 Å². The number of likely N-dealkylation sites (tertiary alicyclic amines) is 1. The number of amides is 2. The van der Waals surface area contributed by atoms with Crippen molar-refractivity contribution in [3.63, 3.8) is 0 Å². The standard InChI is InChI=1S/C21H33N3O2S/c1-3-22-16-18-9-12-24(13-10-18)21(26)19(11-14-27-2)23-20(25)15-17-7-5-4-6-8-17/h4-8,18-19,22H,3,9-16H2,1-2H3,(H,23,25). The van der Waals surface area contributed by atoms with Gasteiger partial charge in [0.2, 0.25) is 11.8 Å². The van der Waals surface area contributed by atoms with E-state index in [4.69, 9.17) is 0 Å². The molecule has 150 valence electrons. The Kier molecular flexibility index (Phi) is 9.70. The van der Waals surface area contributed by atoms with E-state index < -0.39 is 6.04 Å². The highest BCUT2D eigenvalue weighted by Crippen LogP contribution is 2.18. The fourth-order valence-corrected chi connectivity index (χ4v) is 3.92. The SMILES string of the molecule is CCNCC1CCN(C(=O)C(CCSC)NC(=O)Cc2ccccc2)CC1. The Morgan fingerprint density at radius 2 is 1.93 bits per heavy atom. The summed E-state index contributed by atoms with van der Waals surface area (Å²) in [5.41, 5.74) is 0.968. The van der Waals surface area contributed by atoms with Gasteiger partial charge in [0.15, 0.2) is 0 Å². The summed E-state index contributed by atoms with van der Waals surface area (Å²) in [4.78, 5) is 27.4. The molecule has 0 radical (unpaired) electrons. The van der Waals surface area contributed by atoms with Gasteiger partial charge in [-0.2, -0.15) is 11.8 Å². The second-order valence-corrected chi connectivity index (χ2v) is 8.13. The van der Waals surface area contributed by atoms with Gasteiger partial charge in [0.1, 0.15) is 6.04 Å². The van der Waals surface area contributed by atoms with E-state index in [1.807, 2.05) is 41.5 Å². The predicted molar refractivity (Wildman–Crippen MR) is 113 cm³/mol. The Balaban J connectivity index is 1.88. The molecule has 0 aromatic heterocycles. The van der Waals surface area contributed by atoms with Crippen LogP contribution in [0.25, 0.3) is 0 Å². The maximum atomic E-state index is 13.0. The lowest BCUT2D eigenvalue weighted by Gasteiger charge is -2.34. The molecule has 6 heteroatoms. The second-order valence-electron chi connectivity index (χ2n) is 7.14. The largest absolute Gasteiger partial charge is 0.344 e. The van der Waals surface area contributed by atoms with E-state index in [-0.39, 0.29) is 11.8 Å². The van der Waals surface area contributed by atoms with Crippen LogP contribution in [0.15, 0.2) is 30.3 Å². The molecule has 1 aromatic carbocycles. The fourth-order valence-electron chi connectivity index (χ4n) is 3.45. The Hall–Kier alpha value is -1.53. The van der Waals surface area contributed by atoms with Crippen LogP contribution in [0, 0.1) is 5.92 Å². The number of piperidine rings is 1. The van der Waals surface area contributed by atoms with Crippen molar-refractivity contribution < 1.29 is 9.59 Å². The van der Waals surface area contributed by atoms with Crippen LogP contribution in [0.4, 0.5) is 0 Å². The van der Waals surface area contributed by atoms with Crippen molar-refractivity contribution in [3.8, 4) is 0 Å². The van der Waals surface area contributed by atoms with Gasteiger partial charge >= 0.3 is 0 Å². The third-order valence-corrected chi connectivity index (χ3v) is 5.70. The van der Waals surface area contributed by atoms with E-state index in [1.54, 1.807) is 11.8 Å². The summed E-state index contributed by atoms with van der Waals surface area (Å²) in [6, 6.07) is 9.25. The normalized spacial score (nSPS) is 16.1. The van der Waals surface area contributed by atoms with E-state index in [2.05, 4.69) is 17.6 Å². The van der Waals surface area contributed by atoms with Crippen molar-refractivity contribution in [2.75, 3.05) is 38.2 Å². The highest BCUT2D eigenvalue weighted by molar-refractivity contribution is 7.98. The number of rotatable bonds is 10. The first-order chi connectivity index (χ1) is 13.1. The Morgan fingerprint density at radius 3 is 2.56 bits per heavy atom. The van der Waals surface area contributed by atoms with Crippen LogP contribution in [-0.2, 0) is 16.0 Å². The van der Waals surface area contributed by atoms with Gasteiger partial charge in [-0.25, -0.2) is 0 Å². The number of carbonyl (C=O) groups excluding carboxylic acids is 2. The molecule has 2 N–H and O–H groups in total. The molecule has 1 unspecified atom stereocenters. The van der Waals surface area contributed by atoms with Gasteiger partial charge in [0.25, 0.3) is 0 Å². The quantitative estimate of drug-likeness (QED) is 0.643. The molecule has 1 aliphatic heterocycles. The average molecular weight is 392 g/mol. The van der Waals surface area contributed by atoms with Crippen LogP contribution in [0.2, 0.25) is 0 Å². The summed E-state index contributed by atoms with van der Waals surface area (Å²) >= 11 is 1.70. The van der Waals surface area contributed by atoms with Crippen LogP contribution in [-0.4, -0.2) is 60.9 Å². The molecule has 1 fully saturated rings. The summed E-state index contributed by atoms with van der Waals surface area (Å²) in [6.07, 6.45) is 5.09. The van der Waals surface area contributed by atoms with E-state index in [9.17, 15) is 9.59 Å². The Bertz CT molecular complexity index is 574. The van der Waals surface area contributed by atoms with Gasteiger partial charge in [-0.3, -0.25) is 9.59 Å². The van der Waals surface area contributed by atoms with E-state index in [1.165, 1.54) is 0 Å². The predicted octanol–water partition coefficient (Wildman–Crippen LogP) is 2.32. The van der Waals surface area contributed by atoms with Crippen LogP contribution in [0.1, 0.15) is 31.7 Å². The van der Waals surface area contributed by atoms with Crippen LogP contribution < -0.4 is 10.6 Å². The third kappa shape index (κ3) is 7.54. The Morgan fingerprint density at radius 1 is 1.22 bits per heavy atom. The van der Waals surface area contributed by atoms with Crippen molar-refractivity contribution in [3.05, 3.63) is 35.9 Å². The lowest BCUT2D eigenvalue weighted by atomic mass is 9.96. The van der Waals surface area contributed by atoms with E-state index in [0.29, 0.717) is 18.8 Å². The molecule has 1 atom stereocenters. The molecule has 1 saturated heterocycles. The number of thioether (sulfide) groups is 1. The van der Waals surface area contributed by atoms with Gasteiger partial charge in [0.05, 0.1) is 6.42 Å². The van der Waals surface area contributed by atoms with Gasteiger partial charge in [-0.15, -0.1) is 0 Å². The van der Waals surface area contributed by atoms with Crippen molar-refractivity contribution in [1.29, 1.82) is 0 Å². The first kappa shape index (κ1) is 21.8. The summed E-state index contributed by atoms with van der Waals surface area (Å²) in [7, 11) is 0. The molecule has 0 saturated carbocycles. The number of benzene rings is 1. The zero-order chi connectivity index (χ0) is 19.5. The van der Waals surface area contributed by atoms with Crippen LogP contribution >= 0.6 is 11.8 Å². The number of nitrogens with one attached hydrogen (secondary N) is 2. The lowest BCUT2D eigenvalue weighted by molar-refractivity contribution is -0.137. The minimum absolute atomic E-state index is 0.0763. The Labute approximate surface area is 167 Å². The summed E-state index contributed by atoms with van der Waals surface area (Å²) in [6.45, 7) is 5.72. The third-order valence-electron chi connectivity index (χ3n) is 5.06. The fraction of sp³-hybridized carbons (Fsp3) is 0.619. The molecule has 0 spiro atoms. The van der Waals surface area contributed by atoms with Crippen molar-refractivity contribution >= 4 is 23.6 Å². The average Bonchev–Trinajstić information content (AvgIpc) is 2.70. The van der Waals surface area contributed by atoms with Gasteiger partial charge < -0.3 is 15.5 Å².